The molecule has 0 aromatic heterocycles. The number of thioether (sulfide) groups is 1. The molecule has 154 valence electrons. The molecule has 28 heavy (non-hydrogen) atoms. The first-order valence-electron chi connectivity index (χ1n) is 8.76. The van der Waals surface area contributed by atoms with Crippen LogP contribution in [-0.4, -0.2) is 53.4 Å². The van der Waals surface area contributed by atoms with Crippen LogP contribution in [-0.2, 0) is 33.3 Å². The summed E-state index contributed by atoms with van der Waals surface area (Å²) in [6.07, 6.45) is -2.21. The third kappa shape index (κ3) is 6.13. The van der Waals surface area contributed by atoms with E-state index in [9.17, 15) is 19.5 Å². The van der Waals surface area contributed by atoms with Crippen molar-refractivity contribution in [3.05, 3.63) is 24.3 Å². The molecular formula is C19H24O8S. The molecule has 0 saturated carbocycles. The number of phenols is 1. The predicted octanol–water partition coefficient (Wildman–Crippen LogP) is 2.27. The second kappa shape index (κ2) is 9.79. The third-order valence-corrected chi connectivity index (χ3v) is 5.24. The molecule has 1 aromatic carbocycles. The average Bonchev–Trinajstić information content (AvgIpc) is 2.58. The molecule has 1 N–H and O–H groups in total. The molecule has 3 unspecified atom stereocenters. The Labute approximate surface area is 167 Å². The number of esters is 3. The summed E-state index contributed by atoms with van der Waals surface area (Å²) in [6, 6.07) is 6.56. The molecule has 1 aliphatic heterocycles. The molecule has 1 fully saturated rings. The highest BCUT2D eigenvalue weighted by molar-refractivity contribution is 7.99. The highest BCUT2D eigenvalue weighted by Crippen LogP contribution is 2.39. The fourth-order valence-corrected chi connectivity index (χ4v) is 4.20. The molecule has 2 rings (SSSR count). The number of aromatic hydroxyl groups is 1. The maximum absolute atomic E-state index is 11.6. The van der Waals surface area contributed by atoms with Gasteiger partial charge in [-0.05, 0) is 18.2 Å². The van der Waals surface area contributed by atoms with Crippen LogP contribution in [0.1, 0.15) is 27.7 Å². The summed E-state index contributed by atoms with van der Waals surface area (Å²) in [6.45, 7) is 5.49. The molecule has 5 atom stereocenters. The largest absolute Gasteiger partial charge is 0.508 e. The Morgan fingerprint density at radius 1 is 1.07 bits per heavy atom. The van der Waals surface area contributed by atoms with Crippen molar-refractivity contribution in [2.24, 2.45) is 5.92 Å². The van der Waals surface area contributed by atoms with E-state index in [1.807, 2.05) is 0 Å². The summed E-state index contributed by atoms with van der Waals surface area (Å²) in [7, 11) is 0. The topological polar surface area (TPSA) is 108 Å². The van der Waals surface area contributed by atoms with Crippen LogP contribution in [0.4, 0.5) is 0 Å². The normalized spacial score (nSPS) is 26.9. The number of hydrogen-bond acceptors (Lipinski definition) is 9. The van der Waals surface area contributed by atoms with Crippen molar-refractivity contribution in [1.82, 2.24) is 0 Å². The molecule has 1 heterocycles. The molecule has 0 radical (unpaired) electrons. The lowest BCUT2D eigenvalue weighted by Crippen LogP contribution is -2.56. The van der Waals surface area contributed by atoms with E-state index in [1.54, 1.807) is 25.1 Å². The number of rotatable bonds is 6. The number of carbonyl (C=O) groups excluding carboxylic acids is 3. The molecule has 1 aromatic rings. The molecule has 8 nitrogen and oxygen atoms in total. The minimum atomic E-state index is -0.762. The van der Waals surface area contributed by atoms with Crippen LogP contribution in [0.3, 0.4) is 0 Å². The maximum atomic E-state index is 11.6. The van der Waals surface area contributed by atoms with Crippen LogP contribution in [0, 0.1) is 5.92 Å². The lowest BCUT2D eigenvalue weighted by molar-refractivity contribution is -0.212. The summed E-state index contributed by atoms with van der Waals surface area (Å²) in [5.74, 6) is -1.84. The first kappa shape index (κ1) is 22.0. The minimum absolute atomic E-state index is 0.0900. The average molecular weight is 412 g/mol. The molecular weight excluding hydrogens is 388 g/mol. The van der Waals surface area contributed by atoms with Crippen LogP contribution < -0.4 is 0 Å². The van der Waals surface area contributed by atoms with Gasteiger partial charge in [-0.15, -0.1) is 0 Å². The summed E-state index contributed by atoms with van der Waals surface area (Å²) in [5.41, 5.74) is -0.659. The first-order chi connectivity index (χ1) is 13.2. The van der Waals surface area contributed by atoms with Crippen molar-refractivity contribution in [2.75, 3.05) is 6.61 Å². The van der Waals surface area contributed by atoms with E-state index in [2.05, 4.69) is 0 Å². The zero-order valence-electron chi connectivity index (χ0n) is 16.1. The third-order valence-electron chi connectivity index (χ3n) is 4.10. The smallest absolute Gasteiger partial charge is 0.303 e. The number of ether oxygens (including phenoxy) is 4. The van der Waals surface area contributed by atoms with Gasteiger partial charge >= 0.3 is 17.9 Å². The van der Waals surface area contributed by atoms with Gasteiger partial charge in [0.2, 0.25) is 0 Å². The van der Waals surface area contributed by atoms with Crippen molar-refractivity contribution < 1.29 is 38.4 Å². The highest BCUT2D eigenvalue weighted by atomic mass is 32.2. The standard InChI is InChI=1S/C19H24O8S/c1-10-17(25-12(3)21)16(9-24-11(2)20)27-19(18(10)26-13(4)22)28-15-7-5-6-14(23)8-15/h5-8,10,16-19,23H,9H2,1-4H3/t10?,16?,17-,18?,19-/m1/s1. The van der Waals surface area contributed by atoms with Crippen molar-refractivity contribution >= 4 is 29.7 Å². The van der Waals surface area contributed by atoms with Crippen LogP contribution in [0.15, 0.2) is 29.2 Å². The van der Waals surface area contributed by atoms with E-state index in [4.69, 9.17) is 18.9 Å². The lowest BCUT2D eigenvalue weighted by atomic mass is 9.91. The molecule has 0 bridgehead atoms. The summed E-state index contributed by atoms with van der Waals surface area (Å²) < 4.78 is 21.9. The zero-order chi connectivity index (χ0) is 20.8. The molecule has 0 aliphatic carbocycles. The number of hydrogen-bond donors (Lipinski definition) is 1. The van der Waals surface area contributed by atoms with Crippen molar-refractivity contribution in [3.63, 3.8) is 0 Å². The Morgan fingerprint density at radius 2 is 1.71 bits per heavy atom. The van der Waals surface area contributed by atoms with Crippen LogP contribution >= 0.6 is 11.8 Å². The zero-order valence-corrected chi connectivity index (χ0v) is 16.9. The summed E-state index contributed by atoms with van der Waals surface area (Å²) in [4.78, 5) is 35.1. The van der Waals surface area contributed by atoms with E-state index < -0.39 is 47.6 Å². The number of benzene rings is 1. The second-order valence-electron chi connectivity index (χ2n) is 6.47. The Hall–Kier alpha value is -2.26. The van der Waals surface area contributed by atoms with Gasteiger partial charge in [0.05, 0.1) is 0 Å². The molecule has 9 heteroatoms. The van der Waals surface area contributed by atoms with E-state index >= 15 is 0 Å². The first-order valence-corrected chi connectivity index (χ1v) is 9.64. The lowest BCUT2D eigenvalue weighted by Gasteiger charge is -2.43. The molecule has 1 aliphatic rings. The predicted molar refractivity (Wildman–Crippen MR) is 99.5 cm³/mol. The Bertz CT molecular complexity index is 720. The van der Waals surface area contributed by atoms with Gasteiger partial charge < -0.3 is 24.1 Å². The summed E-state index contributed by atoms with van der Waals surface area (Å²) >= 11 is 1.25. The van der Waals surface area contributed by atoms with Gasteiger partial charge in [0.1, 0.15) is 36.1 Å². The molecule has 0 amide bonds. The maximum Gasteiger partial charge on any atom is 0.303 e. The monoisotopic (exact) mass is 412 g/mol. The van der Waals surface area contributed by atoms with Gasteiger partial charge in [-0.1, -0.05) is 24.8 Å². The number of carbonyl (C=O) groups is 3. The van der Waals surface area contributed by atoms with Crippen LogP contribution in [0.25, 0.3) is 0 Å². The van der Waals surface area contributed by atoms with Crippen molar-refractivity contribution in [2.45, 2.75) is 56.3 Å². The van der Waals surface area contributed by atoms with E-state index in [0.717, 1.165) is 0 Å². The minimum Gasteiger partial charge on any atom is -0.508 e. The van der Waals surface area contributed by atoms with Crippen molar-refractivity contribution in [3.8, 4) is 5.75 Å². The molecule has 1 saturated heterocycles. The van der Waals surface area contributed by atoms with Crippen LogP contribution in [0.2, 0.25) is 0 Å². The van der Waals surface area contributed by atoms with Gasteiger partial charge in [0.15, 0.2) is 0 Å². The fourth-order valence-electron chi connectivity index (χ4n) is 2.95. The quantitative estimate of drug-likeness (QED) is 0.556. The molecule has 0 spiro atoms. The Kier molecular flexibility index (Phi) is 7.70. The van der Waals surface area contributed by atoms with E-state index in [0.29, 0.717) is 4.90 Å². The van der Waals surface area contributed by atoms with Crippen molar-refractivity contribution in [1.29, 1.82) is 0 Å². The second-order valence-corrected chi connectivity index (χ2v) is 7.64. The van der Waals surface area contributed by atoms with Gasteiger partial charge in [0, 0.05) is 31.6 Å². The SMILES string of the molecule is CC(=O)OCC1O[C@H](Sc2cccc(O)c2)C(OC(C)=O)C(C)[C@H]1OC(C)=O. The van der Waals surface area contributed by atoms with Gasteiger partial charge in [-0.3, -0.25) is 14.4 Å². The Balaban J connectivity index is 2.29. The fraction of sp³-hybridized carbons (Fsp3) is 0.526. The summed E-state index contributed by atoms with van der Waals surface area (Å²) in [5, 5.41) is 9.69. The van der Waals surface area contributed by atoms with Crippen LogP contribution in [0.5, 0.6) is 5.75 Å². The number of phenolic OH excluding ortho intramolecular Hbond substituents is 1. The highest BCUT2D eigenvalue weighted by Gasteiger charge is 2.48. The van der Waals surface area contributed by atoms with Gasteiger partial charge in [-0.2, -0.15) is 0 Å². The van der Waals surface area contributed by atoms with Gasteiger partial charge in [0.25, 0.3) is 0 Å². The Morgan fingerprint density at radius 3 is 2.29 bits per heavy atom. The van der Waals surface area contributed by atoms with E-state index in [-0.39, 0.29) is 12.4 Å². The van der Waals surface area contributed by atoms with E-state index in [1.165, 1.54) is 38.6 Å². The van der Waals surface area contributed by atoms with Gasteiger partial charge in [-0.25, -0.2) is 0 Å².